The highest BCUT2D eigenvalue weighted by Crippen LogP contribution is 2.30. The third-order valence-corrected chi connectivity index (χ3v) is 3.70. The van der Waals surface area contributed by atoms with Gasteiger partial charge in [0.05, 0.1) is 16.6 Å². The lowest BCUT2D eigenvalue weighted by atomic mass is 10.2. The van der Waals surface area contributed by atoms with Crippen molar-refractivity contribution in [3.8, 4) is 0 Å². The number of aromatic amines is 1. The van der Waals surface area contributed by atoms with E-state index in [-0.39, 0.29) is 0 Å². The summed E-state index contributed by atoms with van der Waals surface area (Å²) in [6, 6.07) is 10.6. The Morgan fingerprint density at radius 2 is 1.79 bits per heavy atom. The fraction of sp³-hybridized carbons (Fsp3) is 0.125. The number of hydrogen-bond acceptors (Lipinski definition) is 3. The third kappa shape index (κ3) is 2.45. The zero-order valence-corrected chi connectivity index (χ0v) is 12.5. The summed E-state index contributed by atoms with van der Waals surface area (Å²) in [7, 11) is 0. The second-order valence-electron chi connectivity index (χ2n) is 5.51. The third-order valence-electron chi connectivity index (χ3n) is 3.70. The molecule has 0 amide bonds. The Kier molecular flexibility index (Phi) is 3.02. The SMILES string of the molecule is Cc1ccc2c(c1)nc1nc(Nc3ccc(C(F)(F)F)cc3)[nH]n12. The molecule has 2 aromatic heterocycles. The van der Waals surface area contributed by atoms with Gasteiger partial charge in [-0.2, -0.15) is 18.2 Å². The predicted octanol–water partition coefficient (Wildman–Crippen LogP) is 4.28. The average molecular weight is 331 g/mol. The summed E-state index contributed by atoms with van der Waals surface area (Å²) >= 11 is 0. The molecule has 0 aliphatic heterocycles. The summed E-state index contributed by atoms with van der Waals surface area (Å²) in [5, 5.41) is 5.98. The Morgan fingerprint density at radius 3 is 2.50 bits per heavy atom. The molecule has 0 radical (unpaired) electrons. The Hall–Kier alpha value is -3.03. The van der Waals surface area contributed by atoms with Crippen molar-refractivity contribution < 1.29 is 13.2 Å². The standard InChI is InChI=1S/C16H12F3N5/c1-9-2-7-13-12(8-9)21-15-22-14(23-24(13)15)20-11-5-3-10(4-6-11)16(17,18)19/h2-8H,1H3,(H2,20,21,22,23). The number of fused-ring (bicyclic) bond motifs is 3. The summed E-state index contributed by atoms with van der Waals surface area (Å²) in [6.07, 6.45) is -4.35. The van der Waals surface area contributed by atoms with E-state index in [2.05, 4.69) is 20.4 Å². The number of nitrogens with one attached hydrogen (secondary N) is 2. The van der Waals surface area contributed by atoms with Crippen LogP contribution in [-0.2, 0) is 6.18 Å². The second-order valence-corrected chi connectivity index (χ2v) is 5.51. The quantitative estimate of drug-likeness (QED) is 0.576. The Bertz CT molecular complexity index is 1030. The highest BCUT2D eigenvalue weighted by molar-refractivity contribution is 5.80. The van der Waals surface area contributed by atoms with E-state index in [0.29, 0.717) is 17.4 Å². The van der Waals surface area contributed by atoms with Crippen molar-refractivity contribution in [1.29, 1.82) is 0 Å². The van der Waals surface area contributed by atoms with Gasteiger partial charge in [-0.1, -0.05) is 6.07 Å². The lowest BCUT2D eigenvalue weighted by molar-refractivity contribution is -0.137. The van der Waals surface area contributed by atoms with Crippen LogP contribution in [-0.4, -0.2) is 19.6 Å². The first-order valence-electron chi connectivity index (χ1n) is 7.19. The van der Waals surface area contributed by atoms with Crippen molar-refractivity contribution in [2.45, 2.75) is 13.1 Å². The van der Waals surface area contributed by atoms with Gasteiger partial charge in [-0.05, 0) is 48.9 Å². The van der Waals surface area contributed by atoms with Crippen LogP contribution in [0, 0.1) is 6.92 Å². The maximum absolute atomic E-state index is 12.6. The Balaban J connectivity index is 1.65. The van der Waals surface area contributed by atoms with Crippen LogP contribution in [0.2, 0.25) is 0 Å². The number of rotatable bonds is 2. The first kappa shape index (κ1) is 14.6. The zero-order chi connectivity index (χ0) is 16.9. The molecule has 2 aromatic carbocycles. The topological polar surface area (TPSA) is 58.0 Å². The van der Waals surface area contributed by atoms with Crippen LogP contribution in [0.15, 0.2) is 42.5 Å². The van der Waals surface area contributed by atoms with Crippen molar-refractivity contribution in [2.24, 2.45) is 0 Å². The van der Waals surface area contributed by atoms with Crippen LogP contribution >= 0.6 is 0 Å². The number of hydrogen-bond donors (Lipinski definition) is 2. The predicted molar refractivity (Wildman–Crippen MR) is 84.3 cm³/mol. The molecule has 122 valence electrons. The first-order valence-corrected chi connectivity index (χ1v) is 7.19. The van der Waals surface area contributed by atoms with Crippen LogP contribution < -0.4 is 5.32 Å². The maximum Gasteiger partial charge on any atom is 0.416 e. The minimum absolute atomic E-state index is 0.403. The second kappa shape index (κ2) is 4.98. The van der Waals surface area contributed by atoms with E-state index in [0.717, 1.165) is 28.7 Å². The molecule has 0 atom stereocenters. The van der Waals surface area contributed by atoms with Gasteiger partial charge in [0.2, 0.25) is 5.95 Å². The lowest BCUT2D eigenvalue weighted by Crippen LogP contribution is -2.04. The molecule has 2 heterocycles. The number of alkyl halides is 3. The van der Waals surface area contributed by atoms with Gasteiger partial charge in [0.1, 0.15) is 0 Å². The summed E-state index contributed by atoms with van der Waals surface area (Å²) < 4.78 is 39.4. The number of imidazole rings is 1. The van der Waals surface area contributed by atoms with Gasteiger partial charge in [-0.25, -0.2) is 9.50 Å². The molecule has 0 spiro atoms. The molecule has 0 fully saturated rings. The van der Waals surface area contributed by atoms with Crippen molar-refractivity contribution in [1.82, 2.24) is 19.6 Å². The largest absolute Gasteiger partial charge is 0.416 e. The van der Waals surface area contributed by atoms with Gasteiger partial charge in [0, 0.05) is 5.69 Å². The molecule has 0 aliphatic rings. The summed E-state index contributed by atoms with van der Waals surface area (Å²) in [4.78, 5) is 8.73. The number of aromatic nitrogens is 4. The highest BCUT2D eigenvalue weighted by Gasteiger charge is 2.29. The number of nitrogens with zero attached hydrogens (tertiary/aromatic N) is 3. The van der Waals surface area contributed by atoms with E-state index >= 15 is 0 Å². The minimum atomic E-state index is -4.35. The maximum atomic E-state index is 12.6. The monoisotopic (exact) mass is 331 g/mol. The van der Waals surface area contributed by atoms with E-state index in [1.807, 2.05) is 25.1 Å². The highest BCUT2D eigenvalue weighted by atomic mass is 19.4. The molecule has 0 unspecified atom stereocenters. The van der Waals surface area contributed by atoms with Gasteiger partial charge < -0.3 is 5.32 Å². The summed E-state index contributed by atoms with van der Waals surface area (Å²) in [5.41, 5.74) is 2.62. The van der Waals surface area contributed by atoms with E-state index in [1.54, 1.807) is 4.52 Å². The van der Waals surface area contributed by atoms with Gasteiger partial charge in [-0.3, -0.25) is 5.10 Å². The first-order chi connectivity index (χ1) is 11.4. The molecule has 4 aromatic rings. The number of halogens is 3. The molecule has 24 heavy (non-hydrogen) atoms. The van der Waals surface area contributed by atoms with Crippen LogP contribution in [0.1, 0.15) is 11.1 Å². The molecule has 0 saturated carbocycles. The number of benzene rings is 2. The van der Waals surface area contributed by atoms with E-state index in [9.17, 15) is 13.2 Å². The minimum Gasteiger partial charge on any atom is -0.325 e. The molecule has 4 rings (SSSR count). The molecule has 0 aliphatic carbocycles. The van der Waals surface area contributed by atoms with Crippen molar-refractivity contribution in [3.63, 3.8) is 0 Å². The zero-order valence-electron chi connectivity index (χ0n) is 12.5. The van der Waals surface area contributed by atoms with Crippen LogP contribution in [0.5, 0.6) is 0 Å². The van der Waals surface area contributed by atoms with Crippen molar-refractivity contribution in [2.75, 3.05) is 5.32 Å². The molecule has 0 saturated heterocycles. The van der Waals surface area contributed by atoms with Crippen LogP contribution in [0.4, 0.5) is 24.8 Å². The molecular formula is C16H12F3N5. The molecule has 0 bridgehead atoms. The van der Waals surface area contributed by atoms with Crippen LogP contribution in [0.25, 0.3) is 16.8 Å². The van der Waals surface area contributed by atoms with Gasteiger partial charge in [-0.15, -0.1) is 0 Å². The van der Waals surface area contributed by atoms with E-state index in [4.69, 9.17) is 0 Å². The normalized spacial score (nSPS) is 12.2. The number of aryl methyl sites for hydroxylation is 1. The lowest BCUT2D eigenvalue weighted by Gasteiger charge is -2.07. The van der Waals surface area contributed by atoms with Gasteiger partial charge >= 0.3 is 6.18 Å². The molecule has 8 heteroatoms. The fourth-order valence-electron chi connectivity index (χ4n) is 2.53. The number of H-pyrrole nitrogens is 1. The summed E-state index contributed by atoms with van der Waals surface area (Å²) in [6.45, 7) is 1.98. The number of anilines is 2. The van der Waals surface area contributed by atoms with Gasteiger partial charge in [0.25, 0.3) is 5.78 Å². The molecule has 2 N–H and O–H groups in total. The molecule has 5 nitrogen and oxygen atoms in total. The van der Waals surface area contributed by atoms with Crippen molar-refractivity contribution in [3.05, 3.63) is 53.6 Å². The molecular weight excluding hydrogens is 319 g/mol. The summed E-state index contributed by atoms with van der Waals surface area (Å²) in [5.74, 6) is 0.893. The fourth-order valence-corrected chi connectivity index (χ4v) is 2.53. The van der Waals surface area contributed by atoms with Crippen LogP contribution in [0.3, 0.4) is 0 Å². The van der Waals surface area contributed by atoms with Crippen molar-refractivity contribution >= 4 is 28.4 Å². The smallest absolute Gasteiger partial charge is 0.325 e. The Labute approximate surface area is 134 Å². The van der Waals surface area contributed by atoms with E-state index < -0.39 is 11.7 Å². The van der Waals surface area contributed by atoms with E-state index in [1.165, 1.54) is 12.1 Å². The Morgan fingerprint density at radius 1 is 1.04 bits per heavy atom. The van der Waals surface area contributed by atoms with Gasteiger partial charge in [0.15, 0.2) is 0 Å². The average Bonchev–Trinajstić information content (AvgIpc) is 3.03.